The summed E-state index contributed by atoms with van der Waals surface area (Å²) in [7, 11) is 0. The fourth-order valence-electron chi connectivity index (χ4n) is 3.62. The van der Waals surface area contributed by atoms with Crippen LogP contribution in [0, 0.1) is 5.92 Å². The number of aliphatic carboxylic acids is 1. The highest BCUT2D eigenvalue weighted by molar-refractivity contribution is 5.70. The molecule has 0 spiro atoms. The van der Waals surface area contributed by atoms with Gasteiger partial charge in [0.2, 0.25) is 5.95 Å². The number of aromatic amines is 1. The number of carboxylic acid groups (broad SMARTS) is 1. The lowest BCUT2D eigenvalue weighted by Crippen LogP contribution is -2.23. The molecule has 1 aromatic carbocycles. The molecule has 9 heteroatoms. The van der Waals surface area contributed by atoms with Crippen molar-refractivity contribution in [3.63, 3.8) is 0 Å². The molecule has 32 heavy (non-hydrogen) atoms. The highest BCUT2D eigenvalue weighted by atomic mass is 16.4. The summed E-state index contributed by atoms with van der Waals surface area (Å²) in [6, 6.07) is 11.6. The van der Waals surface area contributed by atoms with Gasteiger partial charge in [0.25, 0.3) is 0 Å². The van der Waals surface area contributed by atoms with E-state index in [-0.39, 0.29) is 12.0 Å². The number of aromatic nitrogens is 4. The second kappa shape index (κ2) is 9.67. The van der Waals surface area contributed by atoms with Gasteiger partial charge >= 0.3 is 5.97 Å². The van der Waals surface area contributed by atoms with Crippen molar-refractivity contribution < 1.29 is 9.90 Å². The SMILES string of the molecule is CCC(CC(C)Nc1ccc(Nc2nccc(Nc3cc(C4CC4)[nH]n3)n2)cc1)C(=O)O. The van der Waals surface area contributed by atoms with Crippen LogP contribution >= 0.6 is 0 Å². The molecule has 1 fully saturated rings. The molecule has 3 aromatic rings. The van der Waals surface area contributed by atoms with Crippen molar-refractivity contribution in [3.05, 3.63) is 48.3 Å². The molecule has 1 aliphatic rings. The van der Waals surface area contributed by atoms with Gasteiger partial charge in [-0.25, -0.2) is 4.98 Å². The van der Waals surface area contributed by atoms with Crippen LogP contribution in [0.4, 0.5) is 29.0 Å². The Balaban J connectivity index is 1.32. The summed E-state index contributed by atoms with van der Waals surface area (Å²) in [6.07, 6.45) is 5.34. The number of benzene rings is 1. The molecule has 2 heterocycles. The van der Waals surface area contributed by atoms with E-state index in [1.165, 1.54) is 12.8 Å². The minimum Gasteiger partial charge on any atom is -0.481 e. The van der Waals surface area contributed by atoms with Crippen LogP contribution in [0.1, 0.15) is 51.1 Å². The van der Waals surface area contributed by atoms with Gasteiger partial charge in [0, 0.05) is 41.3 Å². The summed E-state index contributed by atoms with van der Waals surface area (Å²) in [5.74, 6) is 1.42. The average molecular weight is 436 g/mol. The van der Waals surface area contributed by atoms with Crippen LogP contribution in [-0.4, -0.2) is 37.3 Å². The van der Waals surface area contributed by atoms with E-state index in [1.807, 2.05) is 44.2 Å². The van der Waals surface area contributed by atoms with Crippen molar-refractivity contribution in [2.45, 2.75) is 51.5 Å². The van der Waals surface area contributed by atoms with E-state index in [0.717, 1.165) is 22.9 Å². The molecule has 0 saturated heterocycles. The number of carbonyl (C=O) groups is 1. The van der Waals surface area contributed by atoms with E-state index in [1.54, 1.807) is 12.3 Å². The topological polar surface area (TPSA) is 128 Å². The van der Waals surface area contributed by atoms with E-state index in [2.05, 4.69) is 36.1 Å². The van der Waals surface area contributed by atoms with Crippen LogP contribution in [0.5, 0.6) is 0 Å². The Labute approximate surface area is 187 Å². The van der Waals surface area contributed by atoms with Crippen LogP contribution in [-0.2, 0) is 4.79 Å². The first kappa shape index (κ1) is 21.6. The van der Waals surface area contributed by atoms with Gasteiger partial charge in [-0.15, -0.1) is 0 Å². The first-order valence-corrected chi connectivity index (χ1v) is 11.0. The minimum absolute atomic E-state index is 0.0587. The maximum absolute atomic E-state index is 11.2. The lowest BCUT2D eigenvalue weighted by molar-refractivity contribution is -0.142. The average Bonchev–Trinajstić information content (AvgIpc) is 3.52. The number of carboxylic acids is 1. The summed E-state index contributed by atoms with van der Waals surface area (Å²) in [4.78, 5) is 20.0. The second-order valence-corrected chi connectivity index (χ2v) is 8.30. The van der Waals surface area contributed by atoms with E-state index in [0.29, 0.717) is 30.5 Å². The molecule has 2 aromatic heterocycles. The first-order chi connectivity index (χ1) is 15.5. The zero-order valence-electron chi connectivity index (χ0n) is 18.3. The molecule has 1 saturated carbocycles. The molecule has 1 aliphatic carbocycles. The fraction of sp³-hybridized carbons (Fsp3) is 0.391. The van der Waals surface area contributed by atoms with Crippen molar-refractivity contribution in [2.24, 2.45) is 5.92 Å². The number of anilines is 5. The summed E-state index contributed by atoms with van der Waals surface area (Å²) in [5, 5.41) is 26.4. The van der Waals surface area contributed by atoms with Crippen LogP contribution in [0.3, 0.4) is 0 Å². The van der Waals surface area contributed by atoms with Gasteiger partial charge in [-0.3, -0.25) is 9.89 Å². The standard InChI is InChI=1S/C23H29N7O2/c1-3-15(22(31)32)12-14(2)25-17-6-8-18(9-7-17)26-23-24-11-10-20(28-23)27-21-13-19(29-30-21)16-4-5-16/h6-11,13-16,25H,3-5,12H2,1-2H3,(H,31,32)(H3,24,26,27,28,29,30). The predicted molar refractivity (Wildman–Crippen MR) is 125 cm³/mol. The van der Waals surface area contributed by atoms with Gasteiger partial charge in [0.05, 0.1) is 5.92 Å². The molecule has 4 rings (SSSR count). The summed E-state index contributed by atoms with van der Waals surface area (Å²) in [6.45, 7) is 3.90. The number of hydrogen-bond acceptors (Lipinski definition) is 7. The number of hydrogen-bond donors (Lipinski definition) is 5. The Morgan fingerprint density at radius 3 is 2.59 bits per heavy atom. The lowest BCUT2D eigenvalue weighted by Gasteiger charge is -2.19. The second-order valence-electron chi connectivity index (χ2n) is 8.30. The molecule has 168 valence electrons. The fourth-order valence-corrected chi connectivity index (χ4v) is 3.62. The molecule has 5 N–H and O–H groups in total. The smallest absolute Gasteiger partial charge is 0.306 e. The minimum atomic E-state index is -0.743. The summed E-state index contributed by atoms with van der Waals surface area (Å²) in [5.41, 5.74) is 2.95. The van der Waals surface area contributed by atoms with Gasteiger partial charge in [0.15, 0.2) is 5.82 Å². The van der Waals surface area contributed by atoms with E-state index in [9.17, 15) is 9.90 Å². The quantitative estimate of drug-likeness (QED) is 0.289. The van der Waals surface area contributed by atoms with Gasteiger partial charge in [-0.05, 0) is 62.9 Å². The highest BCUT2D eigenvalue weighted by Crippen LogP contribution is 2.39. The van der Waals surface area contributed by atoms with Crippen molar-refractivity contribution in [1.82, 2.24) is 20.2 Å². The van der Waals surface area contributed by atoms with E-state index >= 15 is 0 Å². The van der Waals surface area contributed by atoms with Gasteiger partial charge < -0.3 is 21.1 Å². The van der Waals surface area contributed by atoms with E-state index < -0.39 is 5.97 Å². The number of H-pyrrole nitrogens is 1. The van der Waals surface area contributed by atoms with Crippen LogP contribution in [0.25, 0.3) is 0 Å². The molecule has 0 aliphatic heterocycles. The van der Waals surface area contributed by atoms with Crippen molar-refractivity contribution >= 4 is 34.9 Å². The zero-order chi connectivity index (χ0) is 22.5. The highest BCUT2D eigenvalue weighted by Gasteiger charge is 2.25. The summed E-state index contributed by atoms with van der Waals surface area (Å²) < 4.78 is 0. The molecule has 0 amide bonds. The Hall–Kier alpha value is -3.62. The Morgan fingerprint density at radius 2 is 1.91 bits per heavy atom. The maximum Gasteiger partial charge on any atom is 0.306 e. The molecule has 2 unspecified atom stereocenters. The summed E-state index contributed by atoms with van der Waals surface area (Å²) >= 11 is 0. The Bertz CT molecular complexity index is 1050. The Kier molecular flexibility index (Phi) is 6.53. The first-order valence-electron chi connectivity index (χ1n) is 11.0. The van der Waals surface area contributed by atoms with Gasteiger partial charge in [-0.1, -0.05) is 6.92 Å². The third-order valence-electron chi connectivity index (χ3n) is 5.56. The van der Waals surface area contributed by atoms with Crippen LogP contribution in [0.15, 0.2) is 42.6 Å². The molecule has 2 atom stereocenters. The molecular weight excluding hydrogens is 406 g/mol. The number of nitrogens with zero attached hydrogens (tertiary/aromatic N) is 3. The molecular formula is C23H29N7O2. The third-order valence-corrected chi connectivity index (χ3v) is 5.56. The van der Waals surface area contributed by atoms with E-state index in [4.69, 9.17) is 0 Å². The molecule has 9 nitrogen and oxygen atoms in total. The van der Waals surface area contributed by atoms with Crippen molar-refractivity contribution in [2.75, 3.05) is 16.0 Å². The predicted octanol–water partition coefficient (Wildman–Crippen LogP) is 4.87. The normalized spacial score (nSPS) is 15.1. The van der Waals surface area contributed by atoms with Crippen LogP contribution in [0.2, 0.25) is 0 Å². The van der Waals surface area contributed by atoms with Crippen molar-refractivity contribution in [3.8, 4) is 0 Å². The van der Waals surface area contributed by atoms with Crippen molar-refractivity contribution in [1.29, 1.82) is 0 Å². The third kappa shape index (κ3) is 5.75. The molecule has 0 radical (unpaired) electrons. The maximum atomic E-state index is 11.2. The van der Waals surface area contributed by atoms with Gasteiger partial charge in [-0.2, -0.15) is 10.1 Å². The van der Waals surface area contributed by atoms with Crippen LogP contribution < -0.4 is 16.0 Å². The largest absolute Gasteiger partial charge is 0.481 e. The Morgan fingerprint density at radius 1 is 1.16 bits per heavy atom. The zero-order valence-corrected chi connectivity index (χ0v) is 18.3. The van der Waals surface area contributed by atoms with Gasteiger partial charge in [0.1, 0.15) is 5.82 Å². The lowest BCUT2D eigenvalue weighted by atomic mass is 9.98. The molecule has 0 bridgehead atoms. The monoisotopic (exact) mass is 435 g/mol. The number of rotatable bonds is 11. The number of nitrogens with one attached hydrogen (secondary N) is 4.